The molecule has 1 fully saturated rings. The van der Waals surface area contributed by atoms with E-state index in [9.17, 15) is 4.79 Å². The molecule has 3 nitrogen and oxygen atoms in total. The average molecular weight is 297 g/mol. The molecule has 0 bridgehead atoms. The van der Waals surface area contributed by atoms with Gasteiger partial charge in [-0.3, -0.25) is 4.79 Å². The molecule has 2 rings (SSSR count). The number of benzene rings is 1. The van der Waals surface area contributed by atoms with Crippen molar-refractivity contribution in [2.45, 2.75) is 20.3 Å². The van der Waals surface area contributed by atoms with Crippen LogP contribution in [0.15, 0.2) is 12.1 Å². The third-order valence-electron chi connectivity index (χ3n) is 3.30. The molecule has 0 radical (unpaired) electrons. The van der Waals surface area contributed by atoms with Crippen molar-refractivity contribution in [1.82, 2.24) is 0 Å². The Bertz CT molecular complexity index is 459. The Hall–Kier alpha value is -1.03. The van der Waals surface area contributed by atoms with Crippen LogP contribution in [-0.2, 0) is 4.79 Å². The zero-order valence-corrected chi connectivity index (χ0v) is 11.8. The summed E-state index contributed by atoms with van der Waals surface area (Å²) in [5, 5.41) is 0.877. The molecule has 0 spiro atoms. The zero-order valence-electron chi connectivity index (χ0n) is 10.2. The molecule has 1 aromatic carbocycles. The molecule has 17 heavy (non-hydrogen) atoms. The van der Waals surface area contributed by atoms with Crippen LogP contribution in [0, 0.1) is 19.8 Å². The molecule has 1 heterocycles. The lowest BCUT2D eigenvalue weighted by molar-refractivity contribution is -0.117. The van der Waals surface area contributed by atoms with Gasteiger partial charge in [-0.25, -0.2) is 0 Å². The molecule has 1 saturated heterocycles. The van der Waals surface area contributed by atoms with Crippen LogP contribution in [-0.4, -0.2) is 17.8 Å². The van der Waals surface area contributed by atoms with Gasteiger partial charge in [-0.15, -0.1) is 0 Å². The van der Waals surface area contributed by atoms with Crippen molar-refractivity contribution in [2.75, 3.05) is 22.5 Å². The third kappa shape index (κ3) is 2.32. The third-order valence-corrected chi connectivity index (χ3v) is 4.21. The van der Waals surface area contributed by atoms with E-state index < -0.39 is 0 Å². The Morgan fingerprint density at radius 2 is 2.12 bits per heavy atom. The van der Waals surface area contributed by atoms with Crippen LogP contribution in [0.2, 0.25) is 0 Å². The number of nitrogen functional groups attached to an aromatic ring is 1. The molecule has 1 unspecified atom stereocenters. The van der Waals surface area contributed by atoms with E-state index in [-0.39, 0.29) is 5.91 Å². The van der Waals surface area contributed by atoms with Crippen molar-refractivity contribution in [3.8, 4) is 0 Å². The highest BCUT2D eigenvalue weighted by molar-refractivity contribution is 9.09. The zero-order chi connectivity index (χ0) is 12.6. The number of carbonyl (C=O) groups excluding carboxylic acids is 1. The second-order valence-corrected chi connectivity index (χ2v) is 5.37. The number of nitrogens with zero attached hydrogens (tertiary/aromatic N) is 1. The minimum atomic E-state index is 0.210. The van der Waals surface area contributed by atoms with Gasteiger partial charge >= 0.3 is 0 Å². The maximum atomic E-state index is 12.0. The highest BCUT2D eigenvalue weighted by atomic mass is 79.9. The highest BCUT2D eigenvalue weighted by Gasteiger charge is 2.30. The van der Waals surface area contributed by atoms with E-state index in [1.165, 1.54) is 0 Å². The highest BCUT2D eigenvalue weighted by Crippen LogP contribution is 2.31. The molecular weight excluding hydrogens is 280 g/mol. The van der Waals surface area contributed by atoms with Gasteiger partial charge < -0.3 is 10.6 Å². The number of halogens is 1. The molecule has 1 aliphatic heterocycles. The van der Waals surface area contributed by atoms with E-state index in [1.54, 1.807) is 0 Å². The quantitative estimate of drug-likeness (QED) is 0.674. The number of rotatable bonds is 2. The van der Waals surface area contributed by atoms with E-state index in [0.717, 1.165) is 34.4 Å². The van der Waals surface area contributed by atoms with Gasteiger partial charge in [0.15, 0.2) is 0 Å². The summed E-state index contributed by atoms with van der Waals surface area (Å²) in [6, 6.07) is 3.96. The summed E-state index contributed by atoms with van der Waals surface area (Å²) in [6.45, 7) is 4.77. The van der Waals surface area contributed by atoms with Gasteiger partial charge in [0.2, 0.25) is 5.91 Å². The van der Waals surface area contributed by atoms with Crippen molar-refractivity contribution in [1.29, 1.82) is 0 Å². The Morgan fingerprint density at radius 1 is 1.41 bits per heavy atom. The Labute approximate surface area is 110 Å². The number of aryl methyl sites for hydroxylation is 2. The van der Waals surface area contributed by atoms with Crippen LogP contribution in [0.4, 0.5) is 11.4 Å². The Morgan fingerprint density at radius 3 is 2.71 bits per heavy atom. The Balaban J connectivity index is 2.35. The second-order valence-electron chi connectivity index (χ2n) is 4.72. The first-order chi connectivity index (χ1) is 8.02. The maximum absolute atomic E-state index is 12.0. The largest absolute Gasteiger partial charge is 0.399 e. The number of alkyl halides is 1. The van der Waals surface area contributed by atoms with E-state index in [2.05, 4.69) is 15.9 Å². The van der Waals surface area contributed by atoms with Crippen LogP contribution in [0.1, 0.15) is 17.5 Å². The van der Waals surface area contributed by atoms with E-state index in [0.29, 0.717) is 12.3 Å². The smallest absolute Gasteiger partial charge is 0.227 e. The first-order valence-electron chi connectivity index (χ1n) is 5.76. The molecule has 0 aromatic heterocycles. The summed E-state index contributed by atoms with van der Waals surface area (Å²) in [5.41, 5.74) is 9.75. The molecule has 0 saturated carbocycles. The number of hydrogen-bond acceptors (Lipinski definition) is 2. The predicted molar refractivity (Wildman–Crippen MR) is 74.6 cm³/mol. The van der Waals surface area contributed by atoms with Gasteiger partial charge in [0.05, 0.1) is 0 Å². The standard InChI is InChI=1S/C13H17BrN2O/c1-8-4-12(9(2)3-11(8)15)16-7-10(6-14)5-13(16)17/h3-4,10H,5-7,15H2,1-2H3. The lowest BCUT2D eigenvalue weighted by atomic mass is 10.1. The summed E-state index contributed by atoms with van der Waals surface area (Å²) < 4.78 is 0. The SMILES string of the molecule is Cc1cc(N2CC(CBr)CC2=O)c(C)cc1N. The maximum Gasteiger partial charge on any atom is 0.227 e. The topological polar surface area (TPSA) is 46.3 Å². The number of nitrogens with two attached hydrogens (primary N) is 1. The normalized spacial score (nSPS) is 20.1. The summed E-state index contributed by atoms with van der Waals surface area (Å²) >= 11 is 3.45. The minimum Gasteiger partial charge on any atom is -0.399 e. The van der Waals surface area contributed by atoms with Gasteiger partial charge in [-0.2, -0.15) is 0 Å². The predicted octanol–water partition coefficient (Wildman–Crippen LogP) is 2.63. The van der Waals surface area contributed by atoms with Crippen molar-refractivity contribution in [3.05, 3.63) is 23.3 Å². The molecule has 0 aliphatic carbocycles. The van der Waals surface area contributed by atoms with Gasteiger partial charge in [-0.05, 0) is 43.0 Å². The van der Waals surface area contributed by atoms with Crippen LogP contribution < -0.4 is 10.6 Å². The van der Waals surface area contributed by atoms with Crippen molar-refractivity contribution < 1.29 is 4.79 Å². The summed E-state index contributed by atoms with van der Waals surface area (Å²) in [4.78, 5) is 13.8. The average Bonchev–Trinajstić information content (AvgIpc) is 2.65. The van der Waals surface area contributed by atoms with Crippen LogP contribution in [0.3, 0.4) is 0 Å². The van der Waals surface area contributed by atoms with E-state index >= 15 is 0 Å². The van der Waals surface area contributed by atoms with Crippen LogP contribution >= 0.6 is 15.9 Å². The van der Waals surface area contributed by atoms with Gasteiger partial charge in [0.1, 0.15) is 0 Å². The lowest BCUT2D eigenvalue weighted by Gasteiger charge is -2.20. The summed E-state index contributed by atoms with van der Waals surface area (Å²) in [5.74, 6) is 0.626. The fourth-order valence-electron chi connectivity index (χ4n) is 2.23. The number of anilines is 2. The second kappa shape index (κ2) is 4.69. The number of hydrogen-bond donors (Lipinski definition) is 1. The van der Waals surface area contributed by atoms with Gasteiger partial charge in [0, 0.05) is 29.7 Å². The van der Waals surface area contributed by atoms with Crippen molar-refractivity contribution >= 4 is 33.2 Å². The lowest BCUT2D eigenvalue weighted by Crippen LogP contribution is -2.25. The molecule has 92 valence electrons. The van der Waals surface area contributed by atoms with Crippen LogP contribution in [0.25, 0.3) is 0 Å². The monoisotopic (exact) mass is 296 g/mol. The van der Waals surface area contributed by atoms with E-state index in [4.69, 9.17) is 5.73 Å². The fraction of sp³-hybridized carbons (Fsp3) is 0.462. The van der Waals surface area contributed by atoms with Crippen molar-refractivity contribution in [2.24, 2.45) is 5.92 Å². The molecule has 1 aromatic rings. The van der Waals surface area contributed by atoms with Gasteiger partial charge in [0.25, 0.3) is 0 Å². The van der Waals surface area contributed by atoms with Gasteiger partial charge in [-0.1, -0.05) is 15.9 Å². The molecule has 2 N–H and O–H groups in total. The molecular formula is C13H17BrN2O. The first-order valence-corrected chi connectivity index (χ1v) is 6.88. The molecule has 1 amide bonds. The van der Waals surface area contributed by atoms with E-state index in [1.807, 2.05) is 30.9 Å². The molecule has 4 heteroatoms. The summed E-state index contributed by atoms with van der Waals surface area (Å²) in [7, 11) is 0. The fourth-order valence-corrected chi connectivity index (χ4v) is 2.67. The van der Waals surface area contributed by atoms with Crippen LogP contribution in [0.5, 0.6) is 0 Å². The minimum absolute atomic E-state index is 0.210. The Kier molecular flexibility index (Phi) is 3.43. The summed E-state index contributed by atoms with van der Waals surface area (Å²) in [6.07, 6.45) is 0.633. The number of carbonyl (C=O) groups is 1. The number of amides is 1. The molecule has 1 aliphatic rings. The first kappa shape index (κ1) is 12.4. The molecule has 1 atom stereocenters. The van der Waals surface area contributed by atoms with Crippen molar-refractivity contribution in [3.63, 3.8) is 0 Å².